The number of ether oxygens (including phenoxy) is 1. The first-order chi connectivity index (χ1) is 8.63. The molecule has 5 nitrogen and oxygen atoms in total. The summed E-state index contributed by atoms with van der Waals surface area (Å²) in [4.78, 5) is 11.7. The van der Waals surface area contributed by atoms with Crippen molar-refractivity contribution in [1.82, 2.24) is 15.0 Å². The Morgan fingerprint density at radius 1 is 1.50 bits per heavy atom. The summed E-state index contributed by atoms with van der Waals surface area (Å²) in [5, 5.41) is 8.12. The minimum Gasteiger partial charge on any atom is -0.461 e. The lowest BCUT2D eigenvalue weighted by Crippen LogP contribution is -2.20. The van der Waals surface area contributed by atoms with Crippen LogP contribution in [0.4, 0.5) is 0 Å². The van der Waals surface area contributed by atoms with Crippen molar-refractivity contribution in [2.75, 3.05) is 6.61 Å². The van der Waals surface area contributed by atoms with Gasteiger partial charge in [0.25, 0.3) is 0 Å². The van der Waals surface area contributed by atoms with E-state index in [0.29, 0.717) is 18.3 Å². The average molecular weight is 251 g/mol. The summed E-state index contributed by atoms with van der Waals surface area (Å²) in [6, 6.07) is 0.379. The molecule has 2 atom stereocenters. The van der Waals surface area contributed by atoms with Crippen LogP contribution >= 0.6 is 0 Å². The van der Waals surface area contributed by atoms with Gasteiger partial charge in [0.15, 0.2) is 5.69 Å². The molecule has 0 spiro atoms. The van der Waals surface area contributed by atoms with Crippen LogP contribution in [0, 0.1) is 12.8 Å². The molecule has 0 saturated heterocycles. The van der Waals surface area contributed by atoms with Crippen molar-refractivity contribution in [2.45, 2.75) is 52.5 Å². The highest BCUT2D eigenvalue weighted by Crippen LogP contribution is 2.32. The number of nitrogens with zero attached hydrogens (tertiary/aromatic N) is 3. The van der Waals surface area contributed by atoms with Crippen LogP contribution in [0.5, 0.6) is 0 Å². The van der Waals surface area contributed by atoms with Crippen molar-refractivity contribution >= 4 is 5.97 Å². The maximum atomic E-state index is 11.7. The van der Waals surface area contributed by atoms with Gasteiger partial charge in [-0.05, 0) is 32.6 Å². The van der Waals surface area contributed by atoms with Crippen LogP contribution in [-0.4, -0.2) is 27.6 Å². The Labute approximate surface area is 108 Å². The summed E-state index contributed by atoms with van der Waals surface area (Å²) >= 11 is 0. The molecule has 1 aromatic heterocycles. The first kappa shape index (κ1) is 13.1. The fourth-order valence-corrected chi connectivity index (χ4v) is 2.70. The van der Waals surface area contributed by atoms with Gasteiger partial charge in [-0.3, -0.25) is 0 Å². The van der Waals surface area contributed by atoms with Crippen LogP contribution in [0.3, 0.4) is 0 Å². The highest BCUT2D eigenvalue weighted by molar-refractivity contribution is 5.88. The molecule has 0 aromatic carbocycles. The van der Waals surface area contributed by atoms with Gasteiger partial charge in [0.1, 0.15) is 0 Å². The normalized spacial score (nSPS) is 23.9. The fourth-order valence-electron chi connectivity index (χ4n) is 2.70. The van der Waals surface area contributed by atoms with E-state index in [0.717, 1.165) is 24.5 Å². The molecular formula is C13H21N3O2. The first-order valence-corrected chi connectivity index (χ1v) is 6.72. The second kappa shape index (κ2) is 5.50. The number of aromatic nitrogens is 3. The predicted octanol–water partition coefficient (Wildman–Crippen LogP) is 2.51. The SMILES string of the molecule is CCOC(=O)c1nnn(C2CCCC(C)C2)c1C. The van der Waals surface area contributed by atoms with Gasteiger partial charge in [0, 0.05) is 0 Å². The number of rotatable bonds is 3. The van der Waals surface area contributed by atoms with Crippen molar-refractivity contribution in [3.05, 3.63) is 11.4 Å². The Morgan fingerprint density at radius 2 is 2.28 bits per heavy atom. The molecule has 100 valence electrons. The van der Waals surface area contributed by atoms with E-state index in [1.54, 1.807) is 6.92 Å². The number of esters is 1. The van der Waals surface area contributed by atoms with Crippen molar-refractivity contribution < 1.29 is 9.53 Å². The lowest BCUT2D eigenvalue weighted by molar-refractivity contribution is 0.0518. The molecule has 1 aliphatic rings. The molecule has 5 heteroatoms. The second-order valence-electron chi connectivity index (χ2n) is 5.11. The fraction of sp³-hybridized carbons (Fsp3) is 0.769. The average Bonchev–Trinajstić information content (AvgIpc) is 2.71. The monoisotopic (exact) mass is 251 g/mol. The molecular weight excluding hydrogens is 230 g/mol. The summed E-state index contributed by atoms with van der Waals surface area (Å²) in [6.45, 7) is 6.32. The van der Waals surface area contributed by atoms with Gasteiger partial charge in [0.05, 0.1) is 18.3 Å². The predicted molar refractivity (Wildman–Crippen MR) is 67.4 cm³/mol. The van der Waals surface area contributed by atoms with E-state index in [1.165, 1.54) is 12.8 Å². The number of hydrogen-bond acceptors (Lipinski definition) is 4. The molecule has 0 N–H and O–H groups in total. The molecule has 1 saturated carbocycles. The van der Waals surface area contributed by atoms with E-state index in [4.69, 9.17) is 4.74 Å². The molecule has 1 heterocycles. The summed E-state index contributed by atoms with van der Waals surface area (Å²) in [5.41, 5.74) is 1.18. The number of carbonyl (C=O) groups is 1. The maximum absolute atomic E-state index is 11.7. The van der Waals surface area contributed by atoms with Crippen molar-refractivity contribution in [2.24, 2.45) is 5.92 Å². The molecule has 18 heavy (non-hydrogen) atoms. The smallest absolute Gasteiger partial charge is 0.360 e. The van der Waals surface area contributed by atoms with E-state index in [9.17, 15) is 4.79 Å². The topological polar surface area (TPSA) is 57.0 Å². The van der Waals surface area contributed by atoms with Crippen LogP contribution in [0.1, 0.15) is 61.8 Å². The molecule has 0 bridgehead atoms. The Kier molecular flexibility index (Phi) is 3.99. The van der Waals surface area contributed by atoms with Gasteiger partial charge >= 0.3 is 5.97 Å². The molecule has 1 aliphatic carbocycles. The van der Waals surface area contributed by atoms with Crippen molar-refractivity contribution in [3.63, 3.8) is 0 Å². The summed E-state index contributed by atoms with van der Waals surface area (Å²) < 4.78 is 6.88. The number of carbonyl (C=O) groups excluding carboxylic acids is 1. The van der Waals surface area contributed by atoms with E-state index in [2.05, 4.69) is 17.2 Å². The molecule has 0 aliphatic heterocycles. The highest BCUT2D eigenvalue weighted by atomic mass is 16.5. The molecule has 1 fully saturated rings. The largest absolute Gasteiger partial charge is 0.461 e. The Morgan fingerprint density at radius 3 is 2.94 bits per heavy atom. The standard InChI is InChI=1S/C13H21N3O2/c1-4-18-13(17)12-10(3)16(15-14-12)11-7-5-6-9(2)8-11/h9,11H,4-8H2,1-3H3. The van der Waals surface area contributed by atoms with E-state index >= 15 is 0 Å². The minimum atomic E-state index is -0.370. The van der Waals surface area contributed by atoms with Crippen molar-refractivity contribution in [3.8, 4) is 0 Å². The Balaban J connectivity index is 2.17. The maximum Gasteiger partial charge on any atom is 0.360 e. The Bertz CT molecular complexity index is 428. The highest BCUT2D eigenvalue weighted by Gasteiger charge is 2.25. The molecule has 0 amide bonds. The Hall–Kier alpha value is -1.39. The quantitative estimate of drug-likeness (QED) is 0.774. The van der Waals surface area contributed by atoms with Crippen LogP contribution in [0.2, 0.25) is 0 Å². The summed E-state index contributed by atoms with van der Waals surface area (Å²) in [7, 11) is 0. The lowest BCUT2D eigenvalue weighted by Gasteiger charge is -2.27. The first-order valence-electron chi connectivity index (χ1n) is 6.72. The zero-order valence-corrected chi connectivity index (χ0v) is 11.3. The van der Waals surface area contributed by atoms with Gasteiger partial charge in [-0.1, -0.05) is 25.0 Å². The third kappa shape index (κ3) is 2.54. The van der Waals surface area contributed by atoms with E-state index in [-0.39, 0.29) is 5.97 Å². The van der Waals surface area contributed by atoms with Gasteiger partial charge in [0.2, 0.25) is 0 Å². The zero-order chi connectivity index (χ0) is 13.1. The third-order valence-electron chi connectivity index (χ3n) is 3.65. The molecule has 1 aromatic rings. The van der Waals surface area contributed by atoms with Crippen molar-refractivity contribution in [1.29, 1.82) is 0 Å². The van der Waals surface area contributed by atoms with Crippen LogP contribution in [-0.2, 0) is 4.74 Å². The van der Waals surface area contributed by atoms with Gasteiger partial charge in [-0.15, -0.1) is 5.10 Å². The third-order valence-corrected chi connectivity index (χ3v) is 3.65. The number of hydrogen-bond donors (Lipinski definition) is 0. The van der Waals surface area contributed by atoms with Gasteiger partial charge < -0.3 is 4.74 Å². The molecule has 2 rings (SSSR count). The molecule has 2 unspecified atom stereocenters. The second-order valence-corrected chi connectivity index (χ2v) is 5.11. The van der Waals surface area contributed by atoms with E-state index in [1.807, 2.05) is 11.6 Å². The van der Waals surface area contributed by atoms with Gasteiger partial charge in [-0.2, -0.15) is 0 Å². The minimum absolute atomic E-state index is 0.357. The summed E-state index contributed by atoms with van der Waals surface area (Å²) in [6.07, 6.45) is 4.75. The zero-order valence-electron chi connectivity index (χ0n) is 11.3. The van der Waals surface area contributed by atoms with Crippen LogP contribution in [0.15, 0.2) is 0 Å². The van der Waals surface area contributed by atoms with Gasteiger partial charge in [-0.25, -0.2) is 9.48 Å². The summed E-state index contributed by atoms with van der Waals surface area (Å²) in [5.74, 6) is 0.350. The van der Waals surface area contributed by atoms with Crippen LogP contribution in [0.25, 0.3) is 0 Å². The van der Waals surface area contributed by atoms with Crippen LogP contribution < -0.4 is 0 Å². The molecule has 0 radical (unpaired) electrons. The lowest BCUT2D eigenvalue weighted by atomic mass is 9.87. The van der Waals surface area contributed by atoms with E-state index < -0.39 is 0 Å².